The number of aromatic nitrogens is 3. The van der Waals surface area contributed by atoms with Gasteiger partial charge in [-0.05, 0) is 31.2 Å². The highest BCUT2D eigenvalue weighted by molar-refractivity contribution is 5.33. The van der Waals surface area contributed by atoms with E-state index in [0.717, 1.165) is 12.1 Å². The molecule has 1 unspecified atom stereocenters. The Morgan fingerprint density at radius 1 is 1.40 bits per heavy atom. The zero-order chi connectivity index (χ0) is 14.1. The van der Waals surface area contributed by atoms with Crippen LogP contribution in [0.2, 0.25) is 0 Å². The summed E-state index contributed by atoms with van der Waals surface area (Å²) >= 11 is 0. The van der Waals surface area contributed by atoms with Crippen molar-refractivity contribution >= 4 is 5.95 Å². The molecule has 2 heterocycles. The van der Waals surface area contributed by atoms with Crippen molar-refractivity contribution in [2.24, 2.45) is 5.73 Å². The van der Waals surface area contributed by atoms with E-state index in [9.17, 15) is 8.78 Å². The highest BCUT2D eigenvalue weighted by Crippen LogP contribution is 2.30. The maximum atomic E-state index is 13.9. The molecule has 20 heavy (non-hydrogen) atoms. The van der Waals surface area contributed by atoms with Crippen LogP contribution in [0, 0.1) is 11.6 Å². The van der Waals surface area contributed by atoms with Crippen LogP contribution in [0.1, 0.15) is 23.9 Å². The lowest BCUT2D eigenvalue weighted by Gasteiger charge is -2.25. The number of fused-ring (bicyclic) bond motifs is 1. The Bertz CT molecular complexity index is 625. The normalized spacial score (nSPS) is 17.6. The van der Waals surface area contributed by atoms with E-state index in [0.29, 0.717) is 43.3 Å². The lowest BCUT2D eigenvalue weighted by molar-refractivity contribution is 0.451. The Balaban J connectivity index is 2.02. The smallest absolute Gasteiger partial charge is 0.221 e. The van der Waals surface area contributed by atoms with E-state index in [4.69, 9.17) is 5.73 Å². The zero-order valence-electron chi connectivity index (χ0n) is 10.8. The van der Waals surface area contributed by atoms with Gasteiger partial charge in [0.05, 0.1) is 6.04 Å². The van der Waals surface area contributed by atoms with Gasteiger partial charge in [0.15, 0.2) is 5.82 Å². The third kappa shape index (κ3) is 2.24. The van der Waals surface area contributed by atoms with Crippen LogP contribution in [-0.4, -0.2) is 27.9 Å². The summed E-state index contributed by atoms with van der Waals surface area (Å²) in [5.74, 6) is 0.302. The average molecular weight is 279 g/mol. The van der Waals surface area contributed by atoms with E-state index in [1.165, 1.54) is 6.07 Å². The first-order chi connectivity index (χ1) is 9.69. The summed E-state index contributed by atoms with van der Waals surface area (Å²) < 4.78 is 28.9. The molecule has 106 valence electrons. The second-order valence-electron chi connectivity index (χ2n) is 4.73. The van der Waals surface area contributed by atoms with Gasteiger partial charge < -0.3 is 11.1 Å². The van der Waals surface area contributed by atoms with E-state index < -0.39 is 11.6 Å². The first kappa shape index (κ1) is 13.0. The molecule has 0 spiro atoms. The van der Waals surface area contributed by atoms with E-state index in [1.807, 2.05) is 0 Å². The fourth-order valence-corrected chi connectivity index (χ4v) is 2.44. The minimum absolute atomic E-state index is 0.303. The lowest BCUT2D eigenvalue weighted by atomic mass is 10.0. The standard InChI is InChI=1S/C13H15F2N5/c14-8-1-2-10(15)9(7-8)11-4-6-17-13-18-12(3-5-16)19-20(11)13/h1-2,7,11H,3-6,16H2,(H,17,18,19). The van der Waals surface area contributed by atoms with Crippen LogP contribution in [0.4, 0.5) is 14.7 Å². The molecular weight excluding hydrogens is 264 g/mol. The van der Waals surface area contributed by atoms with Crippen molar-refractivity contribution in [2.75, 3.05) is 18.4 Å². The van der Waals surface area contributed by atoms with Crippen LogP contribution in [0.15, 0.2) is 18.2 Å². The van der Waals surface area contributed by atoms with Crippen molar-refractivity contribution in [1.82, 2.24) is 14.8 Å². The molecule has 0 bridgehead atoms. The van der Waals surface area contributed by atoms with Crippen LogP contribution in [0.5, 0.6) is 0 Å². The van der Waals surface area contributed by atoms with Gasteiger partial charge in [0, 0.05) is 18.5 Å². The molecule has 1 aromatic heterocycles. The van der Waals surface area contributed by atoms with E-state index in [2.05, 4.69) is 15.4 Å². The van der Waals surface area contributed by atoms with Crippen LogP contribution in [0.3, 0.4) is 0 Å². The quantitative estimate of drug-likeness (QED) is 0.892. The van der Waals surface area contributed by atoms with Gasteiger partial charge in [-0.25, -0.2) is 13.5 Å². The molecule has 7 heteroatoms. The molecule has 1 aliphatic rings. The number of anilines is 1. The Morgan fingerprint density at radius 3 is 3.05 bits per heavy atom. The zero-order valence-corrected chi connectivity index (χ0v) is 10.8. The second-order valence-corrected chi connectivity index (χ2v) is 4.73. The first-order valence-electron chi connectivity index (χ1n) is 6.53. The maximum absolute atomic E-state index is 13.9. The molecule has 5 nitrogen and oxygen atoms in total. The minimum atomic E-state index is -0.455. The van der Waals surface area contributed by atoms with Gasteiger partial charge >= 0.3 is 0 Å². The van der Waals surface area contributed by atoms with Gasteiger partial charge in [-0.15, -0.1) is 0 Å². The molecule has 2 aromatic rings. The largest absolute Gasteiger partial charge is 0.354 e. The average Bonchev–Trinajstić information content (AvgIpc) is 2.84. The number of halogens is 2. The molecule has 0 amide bonds. The van der Waals surface area contributed by atoms with Crippen LogP contribution in [-0.2, 0) is 6.42 Å². The Kier molecular flexibility index (Phi) is 3.35. The van der Waals surface area contributed by atoms with Crippen LogP contribution < -0.4 is 11.1 Å². The first-order valence-corrected chi connectivity index (χ1v) is 6.53. The third-order valence-corrected chi connectivity index (χ3v) is 3.36. The highest BCUT2D eigenvalue weighted by atomic mass is 19.1. The molecule has 3 rings (SSSR count). The Labute approximate surface area is 114 Å². The van der Waals surface area contributed by atoms with E-state index >= 15 is 0 Å². The van der Waals surface area contributed by atoms with Gasteiger partial charge in [-0.1, -0.05) is 0 Å². The molecular formula is C13H15F2N5. The van der Waals surface area contributed by atoms with Crippen molar-refractivity contribution in [3.63, 3.8) is 0 Å². The summed E-state index contributed by atoms with van der Waals surface area (Å²) in [5.41, 5.74) is 5.79. The van der Waals surface area contributed by atoms with Gasteiger partial charge in [0.25, 0.3) is 0 Å². The molecule has 1 aliphatic heterocycles. The topological polar surface area (TPSA) is 68.8 Å². The van der Waals surface area contributed by atoms with Crippen LogP contribution >= 0.6 is 0 Å². The summed E-state index contributed by atoms with van der Waals surface area (Å²) in [5, 5.41) is 7.45. The van der Waals surface area contributed by atoms with Crippen molar-refractivity contribution < 1.29 is 8.78 Å². The summed E-state index contributed by atoms with van der Waals surface area (Å²) in [6.07, 6.45) is 1.18. The maximum Gasteiger partial charge on any atom is 0.221 e. The fourth-order valence-electron chi connectivity index (χ4n) is 2.44. The number of rotatable bonds is 3. The second kappa shape index (κ2) is 5.16. The number of nitrogens with two attached hydrogens (primary N) is 1. The lowest BCUT2D eigenvalue weighted by Crippen LogP contribution is -2.25. The predicted octanol–water partition coefficient (Wildman–Crippen LogP) is 1.46. The fraction of sp³-hybridized carbons (Fsp3) is 0.385. The number of benzene rings is 1. The SMILES string of the molecule is NCCc1nc2n(n1)C(c1cc(F)ccc1F)CCN2. The van der Waals surface area contributed by atoms with Crippen molar-refractivity contribution in [3.05, 3.63) is 41.2 Å². The van der Waals surface area contributed by atoms with Gasteiger partial charge in [-0.2, -0.15) is 10.1 Å². The summed E-state index contributed by atoms with van der Waals surface area (Å²) in [6, 6.07) is 3.13. The highest BCUT2D eigenvalue weighted by Gasteiger charge is 2.26. The molecule has 0 saturated heterocycles. The number of hydrogen-bond donors (Lipinski definition) is 2. The van der Waals surface area contributed by atoms with Gasteiger partial charge in [0.1, 0.15) is 11.6 Å². The van der Waals surface area contributed by atoms with Crippen LogP contribution in [0.25, 0.3) is 0 Å². The molecule has 0 fully saturated rings. The summed E-state index contributed by atoms with van der Waals surface area (Å²) in [4.78, 5) is 4.31. The van der Waals surface area contributed by atoms with E-state index in [1.54, 1.807) is 4.68 Å². The monoisotopic (exact) mass is 279 g/mol. The summed E-state index contributed by atoms with van der Waals surface area (Å²) in [7, 11) is 0. The molecule has 1 atom stereocenters. The van der Waals surface area contributed by atoms with Gasteiger partial charge in [0.2, 0.25) is 5.95 Å². The molecule has 0 saturated carbocycles. The third-order valence-electron chi connectivity index (χ3n) is 3.36. The van der Waals surface area contributed by atoms with Crippen molar-refractivity contribution in [1.29, 1.82) is 0 Å². The Morgan fingerprint density at radius 2 is 2.25 bits per heavy atom. The molecule has 0 aliphatic carbocycles. The van der Waals surface area contributed by atoms with E-state index in [-0.39, 0.29) is 6.04 Å². The van der Waals surface area contributed by atoms with Crippen molar-refractivity contribution in [3.8, 4) is 0 Å². The molecule has 1 aromatic carbocycles. The number of nitrogens with one attached hydrogen (secondary N) is 1. The van der Waals surface area contributed by atoms with Crippen molar-refractivity contribution in [2.45, 2.75) is 18.9 Å². The number of nitrogens with zero attached hydrogens (tertiary/aromatic N) is 3. The Hall–Kier alpha value is -2.02. The number of hydrogen-bond acceptors (Lipinski definition) is 4. The molecule has 0 radical (unpaired) electrons. The predicted molar refractivity (Wildman–Crippen MR) is 70.4 cm³/mol. The summed E-state index contributed by atoms with van der Waals surface area (Å²) in [6.45, 7) is 1.09. The minimum Gasteiger partial charge on any atom is -0.354 e. The van der Waals surface area contributed by atoms with Gasteiger partial charge in [-0.3, -0.25) is 0 Å². The molecule has 3 N–H and O–H groups in total.